The minimum Gasteiger partial charge on any atom is -0.450 e. The number of aromatic nitrogens is 3. The van der Waals surface area contributed by atoms with E-state index in [1.165, 1.54) is 6.20 Å². The van der Waals surface area contributed by atoms with Gasteiger partial charge < -0.3 is 9.47 Å². The molecular formula is C41H22ClN5O2. The van der Waals surface area contributed by atoms with E-state index in [2.05, 4.69) is 16.0 Å². The number of hydrogen-bond acceptors (Lipinski definition) is 7. The molecule has 49 heavy (non-hydrogen) atoms. The van der Waals surface area contributed by atoms with E-state index in [1.807, 2.05) is 133 Å². The van der Waals surface area contributed by atoms with Gasteiger partial charge in [0.1, 0.15) is 12.1 Å². The van der Waals surface area contributed by atoms with E-state index in [1.54, 1.807) is 0 Å². The maximum Gasteiger partial charge on any atom is 0.177 e. The third-order valence-electron chi connectivity index (χ3n) is 8.23. The molecule has 1 aliphatic heterocycles. The van der Waals surface area contributed by atoms with Gasteiger partial charge in [-0.15, -0.1) is 0 Å². The Morgan fingerprint density at radius 1 is 0.490 bits per heavy atom. The highest BCUT2D eigenvalue weighted by molar-refractivity contribution is 6.33. The molecule has 0 spiro atoms. The van der Waals surface area contributed by atoms with Crippen molar-refractivity contribution in [1.29, 1.82) is 10.5 Å². The molecule has 1 aliphatic rings. The molecule has 0 aliphatic carbocycles. The van der Waals surface area contributed by atoms with Gasteiger partial charge in [-0.05, 0) is 53.1 Å². The van der Waals surface area contributed by atoms with Crippen LogP contribution in [0.5, 0.6) is 23.0 Å². The molecule has 0 amide bonds. The van der Waals surface area contributed by atoms with Crippen LogP contribution in [0.4, 0.5) is 0 Å². The Labute approximate surface area is 286 Å². The first-order valence-electron chi connectivity index (χ1n) is 15.3. The molecule has 0 saturated heterocycles. The van der Waals surface area contributed by atoms with Crippen LogP contribution in [-0.2, 0) is 0 Å². The summed E-state index contributed by atoms with van der Waals surface area (Å²) in [5.74, 6) is 2.66. The maximum absolute atomic E-state index is 9.32. The average Bonchev–Trinajstić information content (AvgIpc) is 3.16. The number of nitriles is 2. The van der Waals surface area contributed by atoms with Gasteiger partial charge in [0.2, 0.25) is 0 Å². The zero-order valence-electron chi connectivity index (χ0n) is 25.6. The molecule has 0 bridgehead atoms. The van der Waals surface area contributed by atoms with Crippen LogP contribution >= 0.6 is 11.6 Å². The highest BCUT2D eigenvalue weighted by Crippen LogP contribution is 2.47. The van der Waals surface area contributed by atoms with Crippen LogP contribution in [0.25, 0.3) is 56.0 Å². The number of ether oxygens (including phenoxy) is 2. The molecule has 230 valence electrons. The quantitative estimate of drug-likeness (QED) is 0.182. The Morgan fingerprint density at radius 3 is 1.86 bits per heavy atom. The lowest BCUT2D eigenvalue weighted by Gasteiger charge is -2.21. The summed E-state index contributed by atoms with van der Waals surface area (Å²) in [5, 5.41) is 19.0. The largest absolute Gasteiger partial charge is 0.450 e. The monoisotopic (exact) mass is 651 g/mol. The first-order chi connectivity index (χ1) is 24.1. The fraction of sp³-hybridized carbons (Fsp3) is 0. The fourth-order valence-corrected chi connectivity index (χ4v) is 6.05. The number of hydrogen-bond donors (Lipinski definition) is 0. The normalized spacial score (nSPS) is 11.2. The molecule has 0 atom stereocenters. The molecule has 3 heterocycles. The van der Waals surface area contributed by atoms with Crippen LogP contribution in [-0.4, -0.2) is 15.0 Å². The maximum atomic E-state index is 9.32. The first kappa shape index (κ1) is 29.6. The lowest BCUT2D eigenvalue weighted by Crippen LogP contribution is -1.99. The molecule has 0 unspecified atom stereocenters. The summed E-state index contributed by atoms with van der Waals surface area (Å²) in [6.45, 7) is 0. The zero-order valence-corrected chi connectivity index (χ0v) is 26.4. The van der Waals surface area contributed by atoms with Crippen molar-refractivity contribution in [2.45, 2.75) is 0 Å². The first-order valence-corrected chi connectivity index (χ1v) is 15.7. The lowest BCUT2D eigenvalue weighted by molar-refractivity contribution is 0.360. The molecule has 0 radical (unpaired) electrons. The molecule has 5 aromatic carbocycles. The van der Waals surface area contributed by atoms with Gasteiger partial charge in [0, 0.05) is 22.3 Å². The van der Waals surface area contributed by atoms with Gasteiger partial charge in [-0.25, -0.2) is 15.0 Å². The van der Waals surface area contributed by atoms with E-state index < -0.39 is 0 Å². The topological polar surface area (TPSA) is 105 Å². The van der Waals surface area contributed by atoms with Crippen molar-refractivity contribution in [2.24, 2.45) is 0 Å². The molecule has 0 saturated carbocycles. The molecule has 0 N–H and O–H groups in total. The summed E-state index contributed by atoms with van der Waals surface area (Å²) in [7, 11) is 0. The molecule has 8 rings (SSSR count). The van der Waals surface area contributed by atoms with Crippen molar-refractivity contribution < 1.29 is 9.47 Å². The molecule has 7 aromatic rings. The van der Waals surface area contributed by atoms with Crippen LogP contribution in [0.3, 0.4) is 0 Å². The van der Waals surface area contributed by atoms with Crippen LogP contribution in [0.2, 0.25) is 5.02 Å². The van der Waals surface area contributed by atoms with E-state index >= 15 is 0 Å². The number of para-hydroxylation sites is 2. The number of benzene rings is 5. The van der Waals surface area contributed by atoms with Gasteiger partial charge >= 0.3 is 0 Å². The summed E-state index contributed by atoms with van der Waals surface area (Å²) in [4.78, 5) is 13.5. The third kappa shape index (κ3) is 5.61. The molecule has 0 fully saturated rings. The minimum atomic E-state index is 0.000897. The minimum absolute atomic E-state index is 0.000897. The highest BCUT2D eigenvalue weighted by Gasteiger charge is 2.21. The Kier molecular flexibility index (Phi) is 7.50. The number of rotatable bonds is 5. The van der Waals surface area contributed by atoms with Crippen LogP contribution in [0.1, 0.15) is 11.4 Å². The van der Waals surface area contributed by atoms with Gasteiger partial charge in [0.25, 0.3) is 0 Å². The van der Waals surface area contributed by atoms with Gasteiger partial charge in [-0.3, -0.25) is 0 Å². The summed E-state index contributed by atoms with van der Waals surface area (Å²) in [6, 6.07) is 45.1. The van der Waals surface area contributed by atoms with E-state index in [0.717, 1.165) is 50.3 Å². The second-order valence-electron chi connectivity index (χ2n) is 11.2. The van der Waals surface area contributed by atoms with Crippen LogP contribution < -0.4 is 9.47 Å². The van der Waals surface area contributed by atoms with Gasteiger partial charge in [0.05, 0.1) is 28.3 Å². The number of nitrogens with zero attached hydrogens (tertiary/aromatic N) is 5. The lowest BCUT2D eigenvalue weighted by atomic mass is 9.96. The Bertz CT molecular complexity index is 2490. The Balaban J connectivity index is 1.12. The fourth-order valence-electron chi connectivity index (χ4n) is 5.78. The van der Waals surface area contributed by atoms with E-state index in [4.69, 9.17) is 31.3 Å². The summed E-state index contributed by atoms with van der Waals surface area (Å²) < 4.78 is 12.3. The second kappa shape index (κ2) is 12.4. The highest BCUT2D eigenvalue weighted by atomic mass is 35.5. The van der Waals surface area contributed by atoms with Gasteiger partial charge in [0.15, 0.2) is 34.4 Å². The van der Waals surface area contributed by atoms with Crippen LogP contribution in [0, 0.1) is 22.7 Å². The van der Waals surface area contributed by atoms with Crippen molar-refractivity contribution >= 4 is 11.6 Å². The Hall–Kier alpha value is -6.80. The zero-order chi connectivity index (χ0) is 33.3. The standard InChI is InChI=1S/C41H22ClN5O2/c42-32-20-28(25-10-12-26(13-11-25)36-24-45-34(22-43)35(23-44)46-36)14-16-31(32)33-18-17-30(41(47-33)27-6-2-1-3-7-27)29-15-19-39-40(21-29)49-38-9-5-4-8-37(38)48-39/h1-21,24H. The van der Waals surface area contributed by atoms with E-state index in [0.29, 0.717) is 33.7 Å². The third-order valence-corrected chi connectivity index (χ3v) is 8.54. The SMILES string of the molecule is N#Cc1ncc(-c2ccc(-c3ccc(-c4ccc(-c5ccc6c(c5)Oc5ccccc5O6)c(-c5ccccc5)n4)c(Cl)c3)cc2)nc1C#N. The molecule has 8 heteroatoms. The number of pyridine rings is 1. The van der Waals surface area contributed by atoms with Crippen molar-refractivity contribution in [3.05, 3.63) is 150 Å². The van der Waals surface area contributed by atoms with Crippen molar-refractivity contribution in [3.8, 4) is 91.2 Å². The summed E-state index contributed by atoms with van der Waals surface area (Å²) in [6.07, 6.45) is 1.49. The summed E-state index contributed by atoms with van der Waals surface area (Å²) >= 11 is 6.93. The van der Waals surface area contributed by atoms with Crippen molar-refractivity contribution in [1.82, 2.24) is 15.0 Å². The van der Waals surface area contributed by atoms with Crippen LogP contribution in [0.15, 0.2) is 134 Å². The number of halogens is 1. The number of fused-ring (bicyclic) bond motifs is 2. The molecule has 2 aromatic heterocycles. The second-order valence-corrected chi connectivity index (χ2v) is 11.6. The Morgan fingerprint density at radius 2 is 1.12 bits per heavy atom. The van der Waals surface area contributed by atoms with E-state index in [9.17, 15) is 5.26 Å². The van der Waals surface area contributed by atoms with Gasteiger partial charge in [-0.2, -0.15) is 10.5 Å². The van der Waals surface area contributed by atoms with Gasteiger partial charge in [-0.1, -0.05) is 103 Å². The van der Waals surface area contributed by atoms with E-state index in [-0.39, 0.29) is 11.4 Å². The summed E-state index contributed by atoms with van der Waals surface area (Å²) in [5.41, 5.74) is 8.42. The smallest absolute Gasteiger partial charge is 0.177 e. The predicted octanol–water partition coefficient (Wildman–Crippen LogP) is 10.5. The van der Waals surface area contributed by atoms with Crippen molar-refractivity contribution in [2.75, 3.05) is 0 Å². The molecular weight excluding hydrogens is 630 g/mol. The predicted molar refractivity (Wildman–Crippen MR) is 188 cm³/mol. The molecule has 7 nitrogen and oxygen atoms in total. The average molecular weight is 652 g/mol. The van der Waals surface area contributed by atoms with Crippen molar-refractivity contribution in [3.63, 3.8) is 0 Å².